The van der Waals surface area contributed by atoms with Crippen molar-refractivity contribution in [1.82, 2.24) is 0 Å². The van der Waals surface area contributed by atoms with E-state index >= 15 is 0 Å². The molecule has 416 valence electrons. The summed E-state index contributed by atoms with van der Waals surface area (Å²) in [6.07, 6.45) is 35.7. The molecule has 69 heavy (non-hydrogen) atoms. The van der Waals surface area contributed by atoms with Crippen LogP contribution in [0.5, 0.6) is 0 Å². The lowest BCUT2D eigenvalue weighted by atomic mass is 9.80. The van der Waals surface area contributed by atoms with Crippen molar-refractivity contribution in [2.45, 2.75) is 303 Å². The van der Waals surface area contributed by atoms with Crippen LogP contribution in [0.1, 0.15) is 291 Å². The summed E-state index contributed by atoms with van der Waals surface area (Å²) in [5.74, 6) is 11.5. The zero-order valence-corrected chi connectivity index (χ0v) is 54.2. The Balaban J connectivity index is 5.01. The van der Waals surface area contributed by atoms with Crippen molar-refractivity contribution in [1.29, 1.82) is 0 Å². The van der Waals surface area contributed by atoms with Crippen LogP contribution in [0, 0.1) is 82.9 Å². The first kappa shape index (κ1) is 70.3. The minimum Gasteiger partial charge on any atom is -0.353 e. The van der Waals surface area contributed by atoms with E-state index < -0.39 is 0 Å². The minimum absolute atomic E-state index is 0.162. The van der Waals surface area contributed by atoms with E-state index in [1.54, 1.807) is 0 Å². The second-order valence-electron chi connectivity index (χ2n) is 26.0. The first-order valence-corrected chi connectivity index (χ1v) is 33.9. The van der Waals surface area contributed by atoms with Crippen molar-refractivity contribution in [3.63, 3.8) is 0 Å². The first-order chi connectivity index (χ1) is 32.8. The smallest absolute Gasteiger partial charge is 0.160 e. The van der Waals surface area contributed by atoms with Crippen LogP contribution >= 0.6 is 45.2 Å². The molecule has 0 amide bonds. The van der Waals surface area contributed by atoms with Crippen LogP contribution in [-0.4, -0.2) is 34.6 Å². The third kappa shape index (κ3) is 43.2. The van der Waals surface area contributed by atoms with Crippen LogP contribution in [0.3, 0.4) is 0 Å². The molecule has 5 heteroatoms. The summed E-state index contributed by atoms with van der Waals surface area (Å²) in [7, 11) is 0. The van der Waals surface area contributed by atoms with Crippen molar-refractivity contribution in [2.75, 3.05) is 22.1 Å². The standard InChI is InChI=1S/C64H128I2O3/c1-17-19-21-35-67-63(31-23-27-49(3)37-53(7)41-57(11)45-61(15)47-59(13)43-55(9)39-51(5)29-25-33-65)69-64(68-36-22-20-18-2)32-24-28-50(4)38-54(8)42-58(12)46-62(16)48-60(14)44-56(10)40-52(6)30-26-34-66/h49-64H,17-48H2,1-16H3. The van der Waals surface area contributed by atoms with Gasteiger partial charge in [-0.3, -0.25) is 0 Å². The van der Waals surface area contributed by atoms with Gasteiger partial charge in [0.2, 0.25) is 0 Å². The highest BCUT2D eigenvalue weighted by molar-refractivity contribution is 14.1. The Labute approximate surface area is 464 Å². The molecule has 0 heterocycles. The number of halogens is 2. The molecule has 0 spiro atoms. The Morgan fingerprint density at radius 3 is 0.696 bits per heavy atom. The van der Waals surface area contributed by atoms with E-state index in [-0.39, 0.29) is 12.6 Å². The van der Waals surface area contributed by atoms with Gasteiger partial charge in [0.25, 0.3) is 0 Å². The molecule has 0 rings (SSSR count). The maximum Gasteiger partial charge on any atom is 0.160 e. The van der Waals surface area contributed by atoms with E-state index in [4.69, 9.17) is 14.2 Å². The van der Waals surface area contributed by atoms with Gasteiger partial charge in [0.15, 0.2) is 12.6 Å². The Kier molecular flexibility index (Phi) is 46.4. The molecule has 0 N–H and O–H groups in total. The lowest BCUT2D eigenvalue weighted by Gasteiger charge is -2.27. The second-order valence-corrected chi connectivity index (χ2v) is 28.1. The highest BCUT2D eigenvalue weighted by Crippen LogP contribution is 2.33. The van der Waals surface area contributed by atoms with Gasteiger partial charge < -0.3 is 14.2 Å². The largest absolute Gasteiger partial charge is 0.353 e. The van der Waals surface area contributed by atoms with E-state index in [0.29, 0.717) is 0 Å². The lowest BCUT2D eigenvalue weighted by molar-refractivity contribution is -0.250. The minimum atomic E-state index is -0.162. The third-order valence-electron chi connectivity index (χ3n) is 16.0. The molecule has 0 radical (unpaired) electrons. The van der Waals surface area contributed by atoms with Crippen molar-refractivity contribution in [3.8, 4) is 0 Å². The molecule has 0 aliphatic heterocycles. The molecular formula is C64H128I2O3. The summed E-state index contributed by atoms with van der Waals surface area (Å²) < 4.78 is 22.5. The van der Waals surface area contributed by atoms with Crippen LogP contribution < -0.4 is 0 Å². The van der Waals surface area contributed by atoms with E-state index in [0.717, 1.165) is 135 Å². The van der Waals surface area contributed by atoms with Gasteiger partial charge in [-0.1, -0.05) is 194 Å². The van der Waals surface area contributed by atoms with Gasteiger partial charge in [0.1, 0.15) is 0 Å². The van der Waals surface area contributed by atoms with Crippen LogP contribution in [-0.2, 0) is 14.2 Å². The van der Waals surface area contributed by atoms with E-state index in [1.807, 2.05) is 0 Å². The van der Waals surface area contributed by atoms with Gasteiger partial charge in [-0.05, 0) is 233 Å². The summed E-state index contributed by atoms with van der Waals surface area (Å²) in [6, 6.07) is 0. The summed E-state index contributed by atoms with van der Waals surface area (Å²) >= 11 is 5.06. The molecule has 0 aliphatic rings. The fourth-order valence-corrected chi connectivity index (χ4v) is 14.4. The maximum atomic E-state index is 6.83. The van der Waals surface area contributed by atoms with Crippen LogP contribution in [0.4, 0.5) is 0 Å². The number of ether oxygens (including phenoxy) is 3. The summed E-state index contributed by atoms with van der Waals surface area (Å²) in [5, 5.41) is 0. The van der Waals surface area contributed by atoms with Gasteiger partial charge in [-0.15, -0.1) is 0 Å². The number of hydrogen-bond acceptors (Lipinski definition) is 3. The molecule has 16 unspecified atom stereocenters. The maximum absolute atomic E-state index is 6.83. The van der Waals surface area contributed by atoms with Crippen molar-refractivity contribution < 1.29 is 14.2 Å². The molecule has 0 saturated carbocycles. The Hall–Kier alpha value is 1.34. The van der Waals surface area contributed by atoms with Gasteiger partial charge in [0, 0.05) is 13.2 Å². The van der Waals surface area contributed by atoms with E-state index in [2.05, 4.69) is 156 Å². The molecule has 0 saturated heterocycles. The third-order valence-corrected chi connectivity index (χ3v) is 17.5. The fourth-order valence-electron chi connectivity index (χ4n) is 13.5. The van der Waals surface area contributed by atoms with E-state index in [1.165, 1.54) is 150 Å². The van der Waals surface area contributed by atoms with Crippen molar-refractivity contribution in [3.05, 3.63) is 0 Å². The predicted molar refractivity (Wildman–Crippen MR) is 327 cm³/mol. The Bertz CT molecular complexity index is 1010. The monoisotopic (exact) mass is 1200 g/mol. The Morgan fingerprint density at radius 1 is 0.261 bits per heavy atom. The number of hydrogen-bond donors (Lipinski definition) is 0. The number of rotatable bonds is 50. The molecule has 0 fully saturated rings. The molecule has 0 aliphatic carbocycles. The lowest BCUT2D eigenvalue weighted by Crippen LogP contribution is -2.28. The zero-order chi connectivity index (χ0) is 52.0. The number of alkyl halides is 2. The van der Waals surface area contributed by atoms with Crippen LogP contribution in [0.2, 0.25) is 0 Å². The zero-order valence-electron chi connectivity index (χ0n) is 49.8. The summed E-state index contributed by atoms with van der Waals surface area (Å²) in [5.41, 5.74) is 0. The summed E-state index contributed by atoms with van der Waals surface area (Å²) in [6.45, 7) is 41.3. The van der Waals surface area contributed by atoms with Crippen molar-refractivity contribution >= 4 is 45.2 Å². The predicted octanol–water partition coefficient (Wildman–Crippen LogP) is 22.4. The molecule has 0 aromatic rings. The molecule has 0 aromatic heterocycles. The highest BCUT2D eigenvalue weighted by Gasteiger charge is 2.23. The SMILES string of the molecule is CCCCCOC(CCCC(C)CC(C)CC(C)CC(C)CC(C)CC(C)CC(C)CCCI)OC(CCCC(C)CC(C)CC(C)CC(C)CC(C)CC(C)CC(C)CCCI)OCCCCC. The molecular weight excluding hydrogens is 1070 g/mol. The quantitative estimate of drug-likeness (QED) is 0.0263. The highest BCUT2D eigenvalue weighted by atomic mass is 127. The average Bonchev–Trinajstić information content (AvgIpc) is 3.23. The Morgan fingerprint density at radius 2 is 0.478 bits per heavy atom. The van der Waals surface area contributed by atoms with Gasteiger partial charge >= 0.3 is 0 Å². The van der Waals surface area contributed by atoms with Crippen molar-refractivity contribution in [2.24, 2.45) is 82.9 Å². The molecule has 0 bridgehead atoms. The van der Waals surface area contributed by atoms with Crippen LogP contribution in [0.25, 0.3) is 0 Å². The van der Waals surface area contributed by atoms with E-state index in [9.17, 15) is 0 Å². The molecule has 16 atom stereocenters. The molecule has 0 aromatic carbocycles. The average molecular weight is 1200 g/mol. The normalized spacial score (nSPS) is 19.4. The van der Waals surface area contributed by atoms with Gasteiger partial charge in [0.05, 0.1) is 0 Å². The fraction of sp³-hybridized carbons (Fsp3) is 1.00. The molecule has 3 nitrogen and oxygen atoms in total. The van der Waals surface area contributed by atoms with Gasteiger partial charge in [-0.2, -0.15) is 0 Å². The van der Waals surface area contributed by atoms with Gasteiger partial charge in [-0.25, -0.2) is 0 Å². The summed E-state index contributed by atoms with van der Waals surface area (Å²) in [4.78, 5) is 0. The topological polar surface area (TPSA) is 27.7 Å². The number of unbranched alkanes of at least 4 members (excludes halogenated alkanes) is 4. The van der Waals surface area contributed by atoms with Crippen LogP contribution in [0.15, 0.2) is 0 Å². The first-order valence-electron chi connectivity index (χ1n) is 30.8. The second kappa shape index (κ2) is 45.5.